The second kappa shape index (κ2) is 12.9. The van der Waals surface area contributed by atoms with Crippen LogP contribution in [0.15, 0.2) is 61.7 Å². The van der Waals surface area contributed by atoms with Crippen LogP contribution >= 0.6 is 0 Å². The summed E-state index contributed by atoms with van der Waals surface area (Å²) in [6.45, 7) is 21.0. The Bertz CT molecular complexity index is 1150. The summed E-state index contributed by atoms with van der Waals surface area (Å²) >= 11 is 0. The summed E-state index contributed by atoms with van der Waals surface area (Å²) in [5.74, 6) is -0.856. The first-order chi connectivity index (χ1) is 17.7. The monoisotopic (exact) mass is 520 g/mol. The highest BCUT2D eigenvalue weighted by Crippen LogP contribution is 2.25. The Morgan fingerprint density at radius 1 is 0.868 bits per heavy atom. The Kier molecular flexibility index (Phi) is 10.5. The van der Waals surface area contributed by atoms with E-state index in [1.807, 2.05) is 90.1 Å². The standard InChI is InChI=1S/C32H44N2O4/c1-21(2)24-15-17-27(18-16-24)31(6,7)34-30(37)38-23(5)13-14-26(20-35)29(36)33-32(8,9)28-12-10-11-25(19-28)22(3)4/h10-12,15-19,23,26,35H,1,3,13-14,20H2,2,4-9H3,(H,33,36)(H,34,37). The van der Waals surface area contributed by atoms with E-state index in [4.69, 9.17) is 4.74 Å². The van der Waals surface area contributed by atoms with Crippen LogP contribution in [0.4, 0.5) is 4.79 Å². The first-order valence-corrected chi connectivity index (χ1v) is 13.1. The number of alkyl carbamates (subject to hydrolysis) is 1. The number of carbonyl (C=O) groups excluding carboxylic acids is 2. The fraction of sp³-hybridized carbons (Fsp3) is 0.438. The Labute approximate surface area is 228 Å². The van der Waals surface area contributed by atoms with Gasteiger partial charge in [-0.2, -0.15) is 0 Å². The number of aliphatic hydroxyl groups is 1. The highest BCUT2D eigenvalue weighted by Gasteiger charge is 2.29. The van der Waals surface area contributed by atoms with Gasteiger partial charge in [-0.05, 0) is 89.6 Å². The highest BCUT2D eigenvalue weighted by molar-refractivity contribution is 5.79. The zero-order chi connectivity index (χ0) is 28.7. The van der Waals surface area contributed by atoms with Gasteiger partial charge in [0.05, 0.1) is 23.6 Å². The van der Waals surface area contributed by atoms with Gasteiger partial charge in [0.2, 0.25) is 5.91 Å². The maximum Gasteiger partial charge on any atom is 0.408 e. The first kappa shape index (κ1) is 30.8. The van der Waals surface area contributed by atoms with E-state index in [2.05, 4.69) is 23.8 Å². The molecule has 0 aliphatic carbocycles. The minimum Gasteiger partial charge on any atom is -0.447 e. The molecule has 6 heteroatoms. The summed E-state index contributed by atoms with van der Waals surface area (Å²) in [7, 11) is 0. The molecule has 0 aliphatic rings. The Balaban J connectivity index is 1.92. The number of nitrogens with one attached hydrogen (secondary N) is 2. The van der Waals surface area contributed by atoms with Crippen LogP contribution in [-0.4, -0.2) is 29.8 Å². The van der Waals surface area contributed by atoms with E-state index >= 15 is 0 Å². The van der Waals surface area contributed by atoms with E-state index < -0.39 is 29.2 Å². The average molecular weight is 521 g/mol. The minimum atomic E-state index is -0.634. The van der Waals surface area contributed by atoms with E-state index in [-0.39, 0.29) is 12.5 Å². The second-order valence-electron chi connectivity index (χ2n) is 11.3. The molecular formula is C32H44N2O4. The summed E-state index contributed by atoms with van der Waals surface area (Å²) in [4.78, 5) is 25.6. The van der Waals surface area contributed by atoms with Crippen LogP contribution < -0.4 is 10.6 Å². The number of allylic oxidation sites excluding steroid dienone is 2. The van der Waals surface area contributed by atoms with Crippen molar-refractivity contribution in [2.24, 2.45) is 5.92 Å². The van der Waals surface area contributed by atoms with Crippen LogP contribution in [0, 0.1) is 5.92 Å². The fourth-order valence-corrected chi connectivity index (χ4v) is 4.17. The van der Waals surface area contributed by atoms with Crippen molar-refractivity contribution in [3.8, 4) is 0 Å². The van der Waals surface area contributed by atoms with Crippen LogP contribution in [0.2, 0.25) is 0 Å². The largest absolute Gasteiger partial charge is 0.447 e. The van der Waals surface area contributed by atoms with Crippen molar-refractivity contribution >= 4 is 23.1 Å². The Morgan fingerprint density at radius 3 is 2.00 bits per heavy atom. The van der Waals surface area contributed by atoms with Crippen LogP contribution in [0.5, 0.6) is 0 Å². The Hall–Kier alpha value is -3.38. The third-order valence-corrected chi connectivity index (χ3v) is 6.85. The summed E-state index contributed by atoms with van der Waals surface area (Å²) in [5, 5.41) is 15.9. The molecule has 0 aromatic heterocycles. The lowest BCUT2D eigenvalue weighted by Gasteiger charge is -2.30. The third-order valence-electron chi connectivity index (χ3n) is 6.85. The van der Waals surface area contributed by atoms with E-state index in [1.165, 1.54) is 0 Å². The van der Waals surface area contributed by atoms with Gasteiger partial charge >= 0.3 is 6.09 Å². The molecule has 0 radical (unpaired) electrons. The molecule has 206 valence electrons. The zero-order valence-electron chi connectivity index (χ0n) is 24.0. The molecule has 38 heavy (non-hydrogen) atoms. The fourth-order valence-electron chi connectivity index (χ4n) is 4.17. The summed E-state index contributed by atoms with van der Waals surface area (Å²) in [6.07, 6.45) is -0.149. The molecule has 2 aromatic rings. The molecule has 2 unspecified atom stereocenters. The molecule has 2 aromatic carbocycles. The Morgan fingerprint density at radius 2 is 1.45 bits per heavy atom. The molecule has 3 N–H and O–H groups in total. The molecule has 0 saturated carbocycles. The maximum absolute atomic E-state index is 13.0. The van der Waals surface area contributed by atoms with Crippen molar-refractivity contribution in [3.63, 3.8) is 0 Å². The van der Waals surface area contributed by atoms with E-state index in [0.29, 0.717) is 12.8 Å². The van der Waals surface area contributed by atoms with Crippen LogP contribution in [0.3, 0.4) is 0 Å². The second-order valence-corrected chi connectivity index (χ2v) is 11.3. The molecule has 0 bridgehead atoms. The van der Waals surface area contributed by atoms with Crippen molar-refractivity contribution in [3.05, 3.63) is 83.9 Å². The number of hydrogen-bond donors (Lipinski definition) is 3. The van der Waals surface area contributed by atoms with Gasteiger partial charge in [-0.25, -0.2) is 4.79 Å². The van der Waals surface area contributed by atoms with Crippen molar-refractivity contribution in [2.75, 3.05) is 6.61 Å². The topological polar surface area (TPSA) is 87.7 Å². The van der Waals surface area contributed by atoms with Crippen molar-refractivity contribution < 1.29 is 19.4 Å². The average Bonchev–Trinajstić information content (AvgIpc) is 2.83. The van der Waals surface area contributed by atoms with Gasteiger partial charge in [0, 0.05) is 0 Å². The SMILES string of the molecule is C=C(C)c1ccc(C(C)(C)NC(=O)OC(C)CCC(CO)C(=O)NC(C)(C)c2cccc(C(=C)C)c2)cc1. The van der Waals surface area contributed by atoms with Gasteiger partial charge in [-0.15, -0.1) is 0 Å². The number of aliphatic hydroxyl groups excluding tert-OH is 1. The molecule has 6 nitrogen and oxygen atoms in total. The number of benzene rings is 2. The van der Waals surface area contributed by atoms with Crippen LogP contribution in [0.1, 0.15) is 83.6 Å². The molecule has 0 fully saturated rings. The lowest BCUT2D eigenvalue weighted by atomic mass is 9.90. The normalized spacial score (nSPS) is 13.3. The quantitative estimate of drug-likeness (QED) is 0.296. The number of ether oxygens (including phenoxy) is 1. The first-order valence-electron chi connectivity index (χ1n) is 13.1. The van der Waals surface area contributed by atoms with Gasteiger partial charge in [0.15, 0.2) is 0 Å². The predicted molar refractivity (Wildman–Crippen MR) is 155 cm³/mol. The molecule has 2 atom stereocenters. The van der Waals surface area contributed by atoms with Crippen LogP contribution in [-0.2, 0) is 20.6 Å². The molecular weight excluding hydrogens is 476 g/mol. The smallest absolute Gasteiger partial charge is 0.408 e. The molecule has 0 heterocycles. The lowest BCUT2D eigenvalue weighted by molar-refractivity contribution is -0.128. The third kappa shape index (κ3) is 8.59. The molecule has 2 rings (SSSR count). The molecule has 0 spiro atoms. The predicted octanol–water partition coefficient (Wildman–Crippen LogP) is 6.54. The van der Waals surface area contributed by atoms with Gasteiger partial charge < -0.3 is 20.5 Å². The molecule has 2 amide bonds. The number of rotatable bonds is 12. The summed E-state index contributed by atoms with van der Waals surface area (Å²) in [6, 6.07) is 15.8. The lowest BCUT2D eigenvalue weighted by Crippen LogP contribution is -2.45. The zero-order valence-corrected chi connectivity index (χ0v) is 24.0. The van der Waals surface area contributed by atoms with E-state index in [0.717, 1.165) is 33.4 Å². The van der Waals surface area contributed by atoms with E-state index in [9.17, 15) is 14.7 Å². The summed E-state index contributed by atoms with van der Waals surface area (Å²) in [5.41, 5.74) is 4.62. The number of amides is 2. The van der Waals surface area contributed by atoms with Crippen molar-refractivity contribution in [1.29, 1.82) is 0 Å². The van der Waals surface area contributed by atoms with Gasteiger partial charge in [-0.1, -0.05) is 66.8 Å². The molecule has 0 saturated heterocycles. The van der Waals surface area contributed by atoms with Gasteiger partial charge in [-0.3, -0.25) is 4.79 Å². The van der Waals surface area contributed by atoms with E-state index in [1.54, 1.807) is 6.92 Å². The highest BCUT2D eigenvalue weighted by atomic mass is 16.6. The number of hydrogen-bond acceptors (Lipinski definition) is 4. The van der Waals surface area contributed by atoms with Crippen molar-refractivity contribution in [1.82, 2.24) is 10.6 Å². The number of carbonyl (C=O) groups is 2. The van der Waals surface area contributed by atoms with Gasteiger partial charge in [0.25, 0.3) is 0 Å². The minimum absolute atomic E-state index is 0.241. The van der Waals surface area contributed by atoms with Crippen molar-refractivity contribution in [2.45, 2.75) is 78.5 Å². The van der Waals surface area contributed by atoms with Gasteiger partial charge in [0.1, 0.15) is 6.10 Å². The maximum atomic E-state index is 13.0. The van der Waals surface area contributed by atoms with Crippen LogP contribution in [0.25, 0.3) is 11.1 Å². The summed E-state index contributed by atoms with van der Waals surface area (Å²) < 4.78 is 5.56. The molecule has 0 aliphatic heterocycles.